The summed E-state index contributed by atoms with van der Waals surface area (Å²) in [7, 11) is 3.49. The Kier molecular flexibility index (Phi) is 4.96. The predicted molar refractivity (Wildman–Crippen MR) is 102 cm³/mol. The summed E-state index contributed by atoms with van der Waals surface area (Å²) in [6.07, 6.45) is 0. The summed E-state index contributed by atoms with van der Waals surface area (Å²) in [5.74, 6) is 0.877. The highest BCUT2D eigenvalue weighted by Gasteiger charge is 2.20. The third-order valence-corrected chi connectivity index (χ3v) is 5.67. The summed E-state index contributed by atoms with van der Waals surface area (Å²) in [5, 5.41) is 0. The maximum Gasteiger partial charge on any atom is 0.270 e. The van der Waals surface area contributed by atoms with Crippen LogP contribution >= 0.6 is 27.3 Å². The molecule has 0 fully saturated rings. The first-order chi connectivity index (χ1) is 11.5. The maximum atomic E-state index is 12.7. The molecule has 0 atom stereocenters. The van der Waals surface area contributed by atoms with Gasteiger partial charge in [0.15, 0.2) is 0 Å². The molecule has 3 aromatic rings. The lowest BCUT2D eigenvalue weighted by Crippen LogP contribution is -2.28. The molecule has 3 rings (SSSR count). The Hall–Kier alpha value is -1.79. The summed E-state index contributed by atoms with van der Waals surface area (Å²) in [5.41, 5.74) is 2.93. The van der Waals surface area contributed by atoms with Gasteiger partial charge in [0.25, 0.3) is 5.91 Å². The van der Waals surface area contributed by atoms with Crippen LogP contribution in [0.1, 0.15) is 23.0 Å². The van der Waals surface area contributed by atoms with Gasteiger partial charge in [0.1, 0.15) is 11.4 Å². The average molecular weight is 407 g/mol. The van der Waals surface area contributed by atoms with Crippen molar-refractivity contribution in [3.05, 3.63) is 51.4 Å². The molecule has 1 amide bonds. The molecule has 0 N–H and O–H groups in total. The second-order valence-electron chi connectivity index (χ2n) is 5.58. The van der Waals surface area contributed by atoms with Gasteiger partial charge in [0, 0.05) is 20.1 Å². The highest BCUT2D eigenvalue weighted by Crippen LogP contribution is 2.33. The molecule has 24 heavy (non-hydrogen) atoms. The molecule has 126 valence electrons. The van der Waals surface area contributed by atoms with E-state index >= 15 is 0 Å². The van der Waals surface area contributed by atoms with E-state index in [2.05, 4.69) is 26.6 Å². The Morgan fingerprint density at radius 2 is 2.00 bits per heavy atom. The highest BCUT2D eigenvalue weighted by atomic mass is 79.9. The Morgan fingerprint density at radius 3 is 2.62 bits per heavy atom. The topological polar surface area (TPSA) is 34.5 Å². The van der Waals surface area contributed by atoms with E-state index in [-0.39, 0.29) is 5.91 Å². The van der Waals surface area contributed by atoms with Crippen LogP contribution in [0.4, 0.5) is 0 Å². The van der Waals surface area contributed by atoms with Crippen molar-refractivity contribution in [1.82, 2.24) is 9.47 Å². The number of methoxy groups -OCH3 is 1. The molecule has 0 aliphatic carbocycles. The molecular formula is C18H19BrN2O2S. The largest absolute Gasteiger partial charge is 0.497 e. The van der Waals surface area contributed by atoms with Gasteiger partial charge in [-0.1, -0.05) is 12.1 Å². The second kappa shape index (κ2) is 6.99. The van der Waals surface area contributed by atoms with Crippen LogP contribution in [-0.4, -0.2) is 36.1 Å². The van der Waals surface area contributed by atoms with E-state index in [0.717, 1.165) is 31.0 Å². The van der Waals surface area contributed by atoms with Gasteiger partial charge in [0.2, 0.25) is 0 Å². The monoisotopic (exact) mass is 406 g/mol. The minimum Gasteiger partial charge on any atom is -0.497 e. The van der Waals surface area contributed by atoms with E-state index in [9.17, 15) is 4.79 Å². The van der Waals surface area contributed by atoms with Crippen molar-refractivity contribution in [1.29, 1.82) is 0 Å². The maximum absolute atomic E-state index is 12.7. The van der Waals surface area contributed by atoms with Gasteiger partial charge in [-0.15, -0.1) is 11.3 Å². The lowest BCUT2D eigenvalue weighted by molar-refractivity contribution is 0.0793. The summed E-state index contributed by atoms with van der Waals surface area (Å²) in [6.45, 7) is 3.31. The van der Waals surface area contributed by atoms with Crippen molar-refractivity contribution < 1.29 is 9.53 Å². The molecular weight excluding hydrogens is 388 g/mol. The van der Waals surface area contributed by atoms with Gasteiger partial charge >= 0.3 is 0 Å². The standard InChI is InChI=1S/C18H19BrN2O2S/c1-4-20(2)18(22)15-9-16-14(10-17(19)24-16)21(15)11-12-5-7-13(23-3)8-6-12/h5-10H,4,11H2,1-3H3. The molecule has 0 bridgehead atoms. The molecule has 0 aliphatic rings. The van der Waals surface area contributed by atoms with Gasteiger partial charge in [0.05, 0.1) is 21.1 Å². The predicted octanol–water partition coefficient (Wildman–Crippen LogP) is 4.61. The number of aromatic nitrogens is 1. The number of halogens is 1. The van der Waals surface area contributed by atoms with E-state index in [4.69, 9.17) is 4.74 Å². The molecule has 6 heteroatoms. The van der Waals surface area contributed by atoms with E-state index in [0.29, 0.717) is 13.1 Å². The summed E-state index contributed by atoms with van der Waals surface area (Å²) >= 11 is 5.19. The molecule has 0 saturated heterocycles. The quantitative estimate of drug-likeness (QED) is 0.619. The van der Waals surface area contributed by atoms with Crippen molar-refractivity contribution in [2.75, 3.05) is 20.7 Å². The van der Waals surface area contributed by atoms with E-state index in [1.54, 1.807) is 23.3 Å². The number of benzene rings is 1. The fraction of sp³-hybridized carbons (Fsp3) is 0.278. The van der Waals surface area contributed by atoms with E-state index in [1.165, 1.54) is 0 Å². The number of carbonyl (C=O) groups excluding carboxylic acids is 1. The summed E-state index contributed by atoms with van der Waals surface area (Å²) < 4.78 is 9.49. The van der Waals surface area contributed by atoms with Gasteiger partial charge in [-0.05, 0) is 52.7 Å². The van der Waals surface area contributed by atoms with Gasteiger partial charge in [-0.2, -0.15) is 0 Å². The number of carbonyl (C=O) groups is 1. The average Bonchev–Trinajstić information content (AvgIpc) is 3.11. The lowest BCUT2D eigenvalue weighted by Gasteiger charge is -2.17. The molecule has 0 radical (unpaired) electrons. The van der Waals surface area contributed by atoms with Crippen LogP contribution in [0.15, 0.2) is 40.2 Å². The van der Waals surface area contributed by atoms with Gasteiger partial charge in [-0.3, -0.25) is 4.79 Å². The number of hydrogen-bond donors (Lipinski definition) is 0. The van der Waals surface area contributed by atoms with E-state index < -0.39 is 0 Å². The van der Waals surface area contributed by atoms with E-state index in [1.807, 2.05) is 44.3 Å². The first-order valence-corrected chi connectivity index (χ1v) is 9.31. The van der Waals surface area contributed by atoms with Crippen molar-refractivity contribution in [2.24, 2.45) is 0 Å². The van der Waals surface area contributed by atoms with Gasteiger partial charge < -0.3 is 14.2 Å². The Bertz CT molecular complexity index is 867. The number of ether oxygens (including phenoxy) is 1. The fourth-order valence-corrected chi connectivity index (χ4v) is 4.18. The van der Waals surface area contributed by atoms with Crippen LogP contribution in [0.25, 0.3) is 10.2 Å². The van der Waals surface area contributed by atoms with Crippen LogP contribution in [0, 0.1) is 0 Å². The van der Waals surface area contributed by atoms with Gasteiger partial charge in [-0.25, -0.2) is 0 Å². The van der Waals surface area contributed by atoms with Crippen molar-refractivity contribution in [2.45, 2.75) is 13.5 Å². The highest BCUT2D eigenvalue weighted by molar-refractivity contribution is 9.11. The zero-order chi connectivity index (χ0) is 17.3. The zero-order valence-electron chi connectivity index (χ0n) is 13.9. The summed E-state index contributed by atoms with van der Waals surface area (Å²) in [6, 6.07) is 12.0. The molecule has 2 aromatic heterocycles. The number of amides is 1. The minimum absolute atomic E-state index is 0.0468. The zero-order valence-corrected chi connectivity index (χ0v) is 16.3. The number of nitrogens with zero attached hydrogens (tertiary/aromatic N) is 2. The molecule has 0 saturated carbocycles. The molecule has 4 nitrogen and oxygen atoms in total. The summed E-state index contributed by atoms with van der Waals surface area (Å²) in [4.78, 5) is 14.5. The molecule has 2 heterocycles. The van der Waals surface area contributed by atoms with Crippen LogP contribution in [0.3, 0.4) is 0 Å². The van der Waals surface area contributed by atoms with Crippen molar-refractivity contribution in [3.63, 3.8) is 0 Å². The van der Waals surface area contributed by atoms with Crippen molar-refractivity contribution >= 4 is 43.4 Å². The van der Waals surface area contributed by atoms with Crippen LogP contribution < -0.4 is 4.74 Å². The van der Waals surface area contributed by atoms with Crippen molar-refractivity contribution in [3.8, 4) is 5.75 Å². The number of rotatable bonds is 5. The smallest absolute Gasteiger partial charge is 0.270 e. The van der Waals surface area contributed by atoms with Crippen LogP contribution in [-0.2, 0) is 6.54 Å². The number of thiophene rings is 1. The minimum atomic E-state index is 0.0468. The van der Waals surface area contributed by atoms with Crippen LogP contribution in [0.5, 0.6) is 5.75 Å². The fourth-order valence-electron chi connectivity index (χ4n) is 2.61. The first kappa shape index (κ1) is 17.0. The third-order valence-electron chi connectivity index (χ3n) is 4.10. The Morgan fingerprint density at radius 1 is 1.29 bits per heavy atom. The van der Waals surface area contributed by atoms with Crippen LogP contribution in [0.2, 0.25) is 0 Å². The second-order valence-corrected chi connectivity index (χ2v) is 8.05. The Labute approximate surface area is 153 Å². The SMILES string of the molecule is CCN(C)C(=O)c1cc2sc(Br)cc2n1Cc1ccc(OC)cc1. The molecule has 0 aliphatic heterocycles. The molecule has 1 aromatic carbocycles. The normalized spacial score (nSPS) is 11.0. The third kappa shape index (κ3) is 3.21. The lowest BCUT2D eigenvalue weighted by atomic mass is 10.2. The first-order valence-electron chi connectivity index (χ1n) is 7.70. The molecule has 0 unspecified atom stereocenters. The molecule has 0 spiro atoms. The Balaban J connectivity index is 2.03. The number of hydrogen-bond acceptors (Lipinski definition) is 3. The number of fused-ring (bicyclic) bond motifs is 1.